The van der Waals surface area contributed by atoms with Crippen molar-refractivity contribution in [1.82, 2.24) is 10.2 Å². The van der Waals surface area contributed by atoms with Crippen molar-refractivity contribution in [1.29, 1.82) is 0 Å². The number of ether oxygens (including phenoxy) is 2. The van der Waals surface area contributed by atoms with Crippen molar-refractivity contribution in [3.05, 3.63) is 28.7 Å². The number of halogens is 2. The van der Waals surface area contributed by atoms with E-state index < -0.39 is 0 Å². The average Bonchev–Trinajstić information content (AvgIpc) is 2.62. The molecule has 0 unspecified atom stereocenters. The summed E-state index contributed by atoms with van der Waals surface area (Å²) in [5.41, 5.74) is 0. The second kappa shape index (κ2) is 12.4. The summed E-state index contributed by atoms with van der Waals surface area (Å²) < 4.78 is 11.8. The number of aliphatic imine (C=N–C) groups is 1. The molecule has 1 saturated heterocycles. The van der Waals surface area contributed by atoms with Crippen LogP contribution in [-0.2, 0) is 9.53 Å². The first-order valence-corrected chi connectivity index (χ1v) is 9.44. The first-order chi connectivity index (χ1) is 12.1. The Labute approximate surface area is 180 Å². The lowest BCUT2D eigenvalue weighted by molar-refractivity contribution is -0.149. The molecule has 6 nitrogen and oxygen atoms in total. The lowest BCUT2D eigenvalue weighted by Gasteiger charge is -2.33. The van der Waals surface area contributed by atoms with Crippen LogP contribution in [0.25, 0.3) is 0 Å². The van der Waals surface area contributed by atoms with E-state index in [4.69, 9.17) is 9.47 Å². The summed E-state index contributed by atoms with van der Waals surface area (Å²) in [6.45, 7) is 5.10. The van der Waals surface area contributed by atoms with E-state index in [9.17, 15) is 4.79 Å². The van der Waals surface area contributed by atoms with E-state index in [-0.39, 0.29) is 35.9 Å². The minimum absolute atomic E-state index is 0. The van der Waals surface area contributed by atoms with Crippen LogP contribution in [-0.4, -0.2) is 56.7 Å². The maximum Gasteiger partial charge on any atom is 0.309 e. The van der Waals surface area contributed by atoms with Gasteiger partial charge in [-0.25, -0.2) is 0 Å². The summed E-state index contributed by atoms with van der Waals surface area (Å²) in [7, 11) is 1.77. The molecular weight excluding hydrogens is 513 g/mol. The normalized spacial score (nSPS) is 15.2. The van der Waals surface area contributed by atoms with E-state index >= 15 is 0 Å². The summed E-state index contributed by atoms with van der Waals surface area (Å²) in [5, 5.41) is 3.32. The molecule has 0 bridgehead atoms. The Morgan fingerprint density at radius 1 is 1.38 bits per heavy atom. The Kier molecular flexibility index (Phi) is 11.0. The number of nitrogens with zero attached hydrogens (tertiary/aromatic N) is 2. The minimum Gasteiger partial charge on any atom is -0.492 e. The fraction of sp³-hybridized carbons (Fsp3) is 0.556. The van der Waals surface area contributed by atoms with Gasteiger partial charge in [0.25, 0.3) is 0 Å². The van der Waals surface area contributed by atoms with Crippen LogP contribution in [0.2, 0.25) is 0 Å². The summed E-state index contributed by atoms with van der Waals surface area (Å²) >= 11 is 3.43. The first-order valence-electron chi connectivity index (χ1n) is 8.64. The number of hydrogen-bond acceptors (Lipinski definition) is 4. The maximum absolute atomic E-state index is 11.8. The predicted octanol–water partition coefficient (Wildman–Crippen LogP) is 3.30. The second-order valence-electron chi connectivity index (χ2n) is 5.79. The van der Waals surface area contributed by atoms with Crippen LogP contribution >= 0.6 is 39.9 Å². The molecule has 1 aliphatic rings. The summed E-state index contributed by atoms with van der Waals surface area (Å²) in [4.78, 5) is 18.3. The average molecular weight is 540 g/mol. The molecule has 1 heterocycles. The molecule has 2 rings (SSSR count). The molecule has 0 atom stereocenters. The van der Waals surface area contributed by atoms with Gasteiger partial charge in [-0.3, -0.25) is 9.79 Å². The number of likely N-dealkylation sites (tertiary alicyclic amines) is 1. The van der Waals surface area contributed by atoms with Crippen LogP contribution in [0, 0.1) is 5.92 Å². The van der Waals surface area contributed by atoms with Crippen LogP contribution in [0.1, 0.15) is 19.8 Å². The number of benzene rings is 1. The number of hydrogen-bond donors (Lipinski definition) is 1. The highest BCUT2D eigenvalue weighted by atomic mass is 127. The van der Waals surface area contributed by atoms with E-state index in [0.29, 0.717) is 19.8 Å². The Morgan fingerprint density at radius 3 is 2.73 bits per heavy atom. The Morgan fingerprint density at radius 2 is 2.12 bits per heavy atom. The smallest absolute Gasteiger partial charge is 0.309 e. The fourth-order valence-electron chi connectivity index (χ4n) is 2.81. The number of carbonyl (C=O) groups is 1. The van der Waals surface area contributed by atoms with Crippen LogP contribution < -0.4 is 10.1 Å². The van der Waals surface area contributed by atoms with Crippen LogP contribution in [0.5, 0.6) is 5.75 Å². The maximum atomic E-state index is 11.8. The Hall–Kier alpha value is -1.03. The van der Waals surface area contributed by atoms with Crippen molar-refractivity contribution in [3.8, 4) is 5.75 Å². The Balaban J connectivity index is 0.00000338. The number of esters is 1. The molecule has 1 aliphatic heterocycles. The topological polar surface area (TPSA) is 63.2 Å². The summed E-state index contributed by atoms with van der Waals surface area (Å²) in [6.07, 6.45) is 1.60. The van der Waals surface area contributed by atoms with Crippen molar-refractivity contribution in [2.24, 2.45) is 10.9 Å². The minimum atomic E-state index is -0.0764. The van der Waals surface area contributed by atoms with Crippen LogP contribution in [0.15, 0.2) is 33.7 Å². The van der Waals surface area contributed by atoms with Gasteiger partial charge in [-0.1, -0.05) is 22.0 Å². The lowest BCUT2D eigenvalue weighted by Crippen LogP contribution is -2.47. The number of rotatable bonds is 6. The molecule has 0 radical (unpaired) electrons. The number of nitrogens with one attached hydrogen (secondary N) is 1. The number of piperidine rings is 1. The molecule has 1 aromatic carbocycles. The number of carbonyl (C=O) groups excluding carboxylic acids is 1. The van der Waals surface area contributed by atoms with Gasteiger partial charge >= 0.3 is 5.97 Å². The largest absolute Gasteiger partial charge is 0.492 e. The predicted molar refractivity (Wildman–Crippen MR) is 117 cm³/mol. The third-order valence-corrected chi connectivity index (χ3v) is 4.57. The van der Waals surface area contributed by atoms with Crippen molar-refractivity contribution in [2.75, 3.05) is 39.9 Å². The molecule has 0 amide bonds. The highest BCUT2D eigenvalue weighted by molar-refractivity contribution is 14.0. The molecule has 0 aliphatic carbocycles. The SMILES string of the molecule is CCOC(=O)C1CCN(C(=NC)NCCOc2cccc(Br)c2)CC1.I. The fourth-order valence-corrected chi connectivity index (χ4v) is 3.19. The highest BCUT2D eigenvalue weighted by Gasteiger charge is 2.27. The van der Waals surface area contributed by atoms with Crippen LogP contribution in [0.4, 0.5) is 0 Å². The molecular formula is C18H27BrIN3O3. The quantitative estimate of drug-likeness (QED) is 0.198. The monoisotopic (exact) mass is 539 g/mol. The molecule has 146 valence electrons. The molecule has 1 N–H and O–H groups in total. The summed E-state index contributed by atoms with van der Waals surface area (Å²) in [6, 6.07) is 7.78. The van der Waals surface area contributed by atoms with Gasteiger partial charge < -0.3 is 19.7 Å². The summed E-state index contributed by atoms with van der Waals surface area (Å²) in [5.74, 6) is 1.61. The first kappa shape index (κ1) is 23.0. The van der Waals surface area contributed by atoms with Gasteiger partial charge in [-0.05, 0) is 38.0 Å². The van der Waals surface area contributed by atoms with E-state index in [0.717, 1.165) is 42.1 Å². The van der Waals surface area contributed by atoms with E-state index in [1.165, 1.54) is 0 Å². The van der Waals surface area contributed by atoms with Crippen molar-refractivity contribution in [3.63, 3.8) is 0 Å². The third-order valence-electron chi connectivity index (χ3n) is 4.08. The standard InChI is InChI=1S/C18H26BrN3O3.HI/c1-3-24-17(23)14-7-10-22(11-8-14)18(20-2)21-9-12-25-16-6-4-5-15(19)13-16;/h4-6,13-14H,3,7-12H2,1-2H3,(H,20,21);1H. The molecule has 1 fully saturated rings. The molecule has 0 saturated carbocycles. The lowest BCUT2D eigenvalue weighted by atomic mass is 9.97. The highest BCUT2D eigenvalue weighted by Crippen LogP contribution is 2.19. The zero-order valence-electron chi connectivity index (χ0n) is 15.2. The number of guanidine groups is 1. The molecule has 0 spiro atoms. The van der Waals surface area contributed by atoms with E-state index in [1.54, 1.807) is 7.05 Å². The van der Waals surface area contributed by atoms with Crippen molar-refractivity contribution < 1.29 is 14.3 Å². The van der Waals surface area contributed by atoms with Crippen molar-refractivity contribution in [2.45, 2.75) is 19.8 Å². The van der Waals surface area contributed by atoms with Gasteiger partial charge in [0.2, 0.25) is 0 Å². The molecule has 1 aromatic rings. The van der Waals surface area contributed by atoms with Gasteiger partial charge in [-0.15, -0.1) is 24.0 Å². The van der Waals surface area contributed by atoms with E-state index in [2.05, 4.69) is 31.1 Å². The molecule has 26 heavy (non-hydrogen) atoms. The van der Waals surface area contributed by atoms with Gasteiger partial charge in [0.15, 0.2) is 5.96 Å². The van der Waals surface area contributed by atoms with Gasteiger partial charge in [-0.2, -0.15) is 0 Å². The van der Waals surface area contributed by atoms with Gasteiger partial charge in [0.1, 0.15) is 12.4 Å². The zero-order valence-corrected chi connectivity index (χ0v) is 19.2. The van der Waals surface area contributed by atoms with Gasteiger partial charge in [0.05, 0.1) is 19.1 Å². The molecule has 0 aromatic heterocycles. The molecule has 8 heteroatoms. The Bertz CT molecular complexity index is 593. The second-order valence-corrected chi connectivity index (χ2v) is 6.71. The zero-order chi connectivity index (χ0) is 18.1. The third kappa shape index (κ3) is 7.30. The van der Waals surface area contributed by atoms with Crippen LogP contribution in [0.3, 0.4) is 0 Å². The van der Waals surface area contributed by atoms with E-state index in [1.807, 2.05) is 31.2 Å². The van der Waals surface area contributed by atoms with Gasteiger partial charge in [0, 0.05) is 24.6 Å². The van der Waals surface area contributed by atoms with Crippen molar-refractivity contribution >= 4 is 51.8 Å².